The van der Waals surface area contributed by atoms with E-state index in [9.17, 15) is 14.7 Å². The van der Waals surface area contributed by atoms with Gasteiger partial charge >= 0.3 is 5.91 Å². The van der Waals surface area contributed by atoms with E-state index in [1.807, 2.05) is 30.3 Å². The Bertz CT molecular complexity index is 1760. The zero-order chi connectivity index (χ0) is 31.5. The highest BCUT2D eigenvalue weighted by Crippen LogP contribution is 2.45. The van der Waals surface area contributed by atoms with E-state index in [2.05, 4.69) is 24.0 Å². The quantitative estimate of drug-likeness (QED) is 0.0614. The molecule has 0 saturated carbocycles. The van der Waals surface area contributed by atoms with Crippen molar-refractivity contribution in [1.82, 2.24) is 10.2 Å². The van der Waals surface area contributed by atoms with Crippen LogP contribution in [0.2, 0.25) is 5.02 Å². The second kappa shape index (κ2) is 13.5. The van der Waals surface area contributed by atoms with Crippen LogP contribution >= 0.6 is 34.7 Å². The number of aromatic nitrogens is 2. The molecule has 232 valence electrons. The fourth-order valence-electron chi connectivity index (χ4n) is 4.96. The lowest BCUT2D eigenvalue weighted by Gasteiger charge is -2.23. The van der Waals surface area contributed by atoms with Crippen LogP contribution in [0.15, 0.2) is 76.6 Å². The number of aliphatic hydroxyl groups excluding tert-OH is 1. The summed E-state index contributed by atoms with van der Waals surface area (Å²) in [5, 5.41) is 21.1. The Hall–Kier alpha value is -4.06. The third-order valence-corrected chi connectivity index (χ3v) is 9.65. The summed E-state index contributed by atoms with van der Waals surface area (Å²) in [4.78, 5) is 28.7. The fraction of sp³-hybridized carbons (Fsp3) is 0.273. The van der Waals surface area contributed by atoms with Gasteiger partial charge in [0.25, 0.3) is 5.78 Å². The molecule has 1 unspecified atom stereocenters. The molecule has 6 rings (SSSR count). The van der Waals surface area contributed by atoms with E-state index in [-0.39, 0.29) is 16.5 Å². The maximum absolute atomic E-state index is 13.7. The normalized spacial score (nSPS) is 17.2. The Morgan fingerprint density at radius 1 is 1.07 bits per heavy atom. The molecule has 1 amide bonds. The number of ether oxygens (including phenoxy) is 3. The van der Waals surface area contributed by atoms with Crippen molar-refractivity contribution in [1.29, 1.82) is 0 Å². The molecular formula is C33H30ClN3O6S2. The Morgan fingerprint density at radius 3 is 2.62 bits per heavy atom. The van der Waals surface area contributed by atoms with Gasteiger partial charge in [-0.3, -0.25) is 14.5 Å². The van der Waals surface area contributed by atoms with E-state index in [0.717, 1.165) is 12.0 Å². The van der Waals surface area contributed by atoms with Crippen molar-refractivity contribution in [2.24, 2.45) is 5.92 Å². The molecule has 1 aromatic heterocycles. The molecule has 1 fully saturated rings. The SMILES string of the molecule is CC(C)CCOc1cccc(C2/C(=C(\O)c3ccc4c(c3)OCCO4)C(=O)C(=O)N2c2nnc(SCc3ccc(Cl)cc3)s2)c1. The van der Waals surface area contributed by atoms with Crippen LogP contribution in [0.1, 0.15) is 43.0 Å². The second-order valence-electron chi connectivity index (χ2n) is 10.9. The van der Waals surface area contributed by atoms with Gasteiger partial charge in [-0.05, 0) is 65.9 Å². The molecule has 0 bridgehead atoms. The molecule has 1 N–H and O–H groups in total. The molecule has 1 atom stereocenters. The molecule has 3 aromatic carbocycles. The van der Waals surface area contributed by atoms with E-state index in [1.54, 1.807) is 36.4 Å². The number of fused-ring (bicyclic) bond motifs is 1. The predicted octanol–water partition coefficient (Wildman–Crippen LogP) is 7.31. The van der Waals surface area contributed by atoms with Crippen molar-refractivity contribution in [3.8, 4) is 17.2 Å². The first-order chi connectivity index (χ1) is 21.8. The van der Waals surface area contributed by atoms with E-state index in [1.165, 1.54) is 28.0 Å². The highest BCUT2D eigenvalue weighted by molar-refractivity contribution is 8.00. The van der Waals surface area contributed by atoms with Crippen LogP contribution in [0, 0.1) is 5.92 Å². The zero-order valence-electron chi connectivity index (χ0n) is 24.6. The summed E-state index contributed by atoms with van der Waals surface area (Å²) in [6, 6.07) is 18.7. The standard InChI is InChI=1S/C33H30ClN3O6S2/c1-19(2)12-13-41-24-5-3-4-21(16-24)28-27(29(38)22-8-11-25-26(17-22)43-15-14-42-25)30(39)31(40)37(28)32-35-36-33(45-32)44-18-20-6-9-23(34)10-7-20/h3-11,16-17,19,28,38H,12-15,18H2,1-2H3/b29-27+. The summed E-state index contributed by atoms with van der Waals surface area (Å²) < 4.78 is 17.9. The predicted molar refractivity (Wildman–Crippen MR) is 175 cm³/mol. The number of anilines is 1. The number of rotatable bonds is 10. The summed E-state index contributed by atoms with van der Waals surface area (Å²) in [7, 11) is 0. The monoisotopic (exact) mass is 663 g/mol. The van der Waals surface area contributed by atoms with Gasteiger partial charge < -0.3 is 19.3 Å². The maximum Gasteiger partial charge on any atom is 0.301 e. The number of carbonyl (C=O) groups excluding carboxylic acids is 2. The number of hydrogen-bond donors (Lipinski definition) is 1. The van der Waals surface area contributed by atoms with Gasteiger partial charge in [0.15, 0.2) is 15.8 Å². The number of benzene rings is 3. The minimum absolute atomic E-state index is 0.0680. The lowest BCUT2D eigenvalue weighted by atomic mass is 9.95. The van der Waals surface area contributed by atoms with Gasteiger partial charge in [0.05, 0.1) is 18.2 Å². The van der Waals surface area contributed by atoms with E-state index >= 15 is 0 Å². The van der Waals surface area contributed by atoms with E-state index in [0.29, 0.717) is 69.2 Å². The first-order valence-corrected chi connectivity index (χ1v) is 16.6. The van der Waals surface area contributed by atoms with Crippen molar-refractivity contribution in [2.45, 2.75) is 36.4 Å². The van der Waals surface area contributed by atoms with Crippen LogP contribution in [0.5, 0.6) is 17.2 Å². The highest BCUT2D eigenvalue weighted by atomic mass is 35.5. The minimum atomic E-state index is -0.978. The zero-order valence-corrected chi connectivity index (χ0v) is 27.0. The molecule has 1 saturated heterocycles. The lowest BCUT2D eigenvalue weighted by molar-refractivity contribution is -0.132. The molecule has 2 aliphatic heterocycles. The Kier molecular flexibility index (Phi) is 9.29. The Labute approximate surface area is 273 Å². The van der Waals surface area contributed by atoms with Crippen LogP contribution in [0.3, 0.4) is 0 Å². The van der Waals surface area contributed by atoms with Gasteiger partial charge in [-0.15, -0.1) is 10.2 Å². The third kappa shape index (κ3) is 6.80. The molecule has 0 radical (unpaired) electrons. The van der Waals surface area contributed by atoms with E-state index in [4.69, 9.17) is 25.8 Å². The molecule has 0 spiro atoms. The summed E-state index contributed by atoms with van der Waals surface area (Å²) >= 11 is 8.68. The molecule has 12 heteroatoms. The van der Waals surface area contributed by atoms with Crippen molar-refractivity contribution >= 4 is 57.3 Å². The first-order valence-electron chi connectivity index (χ1n) is 14.4. The fourth-order valence-corrected chi connectivity index (χ4v) is 6.91. The smallest absolute Gasteiger partial charge is 0.301 e. The molecule has 9 nitrogen and oxygen atoms in total. The van der Waals surface area contributed by atoms with Crippen molar-refractivity contribution in [3.63, 3.8) is 0 Å². The molecule has 0 aliphatic carbocycles. The average Bonchev–Trinajstić information content (AvgIpc) is 3.61. The van der Waals surface area contributed by atoms with Crippen molar-refractivity contribution in [2.75, 3.05) is 24.7 Å². The number of thioether (sulfide) groups is 1. The lowest BCUT2D eigenvalue weighted by Crippen LogP contribution is -2.29. The number of carbonyl (C=O) groups is 2. The second-order valence-corrected chi connectivity index (χ2v) is 13.5. The highest BCUT2D eigenvalue weighted by Gasteiger charge is 2.48. The van der Waals surface area contributed by atoms with Crippen LogP contribution < -0.4 is 19.1 Å². The van der Waals surface area contributed by atoms with Crippen LogP contribution in [-0.4, -0.2) is 46.8 Å². The number of Topliss-reactive ketones (excluding diaryl/α,β-unsaturated/α-hetero) is 1. The minimum Gasteiger partial charge on any atom is -0.507 e. The van der Waals surface area contributed by atoms with Crippen molar-refractivity contribution < 1.29 is 28.9 Å². The topological polar surface area (TPSA) is 111 Å². The third-order valence-electron chi connectivity index (χ3n) is 7.28. The van der Waals surface area contributed by atoms with Gasteiger partial charge in [0.1, 0.15) is 24.7 Å². The molecule has 3 heterocycles. The van der Waals surface area contributed by atoms with Crippen LogP contribution in [0.4, 0.5) is 5.13 Å². The molecule has 4 aromatic rings. The first kappa shape index (κ1) is 30.9. The number of hydrogen-bond acceptors (Lipinski definition) is 10. The van der Waals surface area contributed by atoms with Gasteiger partial charge in [0, 0.05) is 16.3 Å². The number of amides is 1. The Balaban J connectivity index is 1.37. The largest absolute Gasteiger partial charge is 0.507 e. The average molecular weight is 664 g/mol. The summed E-state index contributed by atoms with van der Waals surface area (Å²) in [5.74, 6) is 0.700. The van der Waals surface area contributed by atoms with Crippen molar-refractivity contribution in [3.05, 3.63) is 94.0 Å². The Morgan fingerprint density at radius 2 is 1.84 bits per heavy atom. The molecule has 45 heavy (non-hydrogen) atoms. The maximum atomic E-state index is 13.7. The molecule has 2 aliphatic rings. The number of nitrogens with zero attached hydrogens (tertiary/aromatic N) is 3. The summed E-state index contributed by atoms with van der Waals surface area (Å²) in [5.41, 5.74) is 1.89. The number of halogens is 1. The van der Waals surface area contributed by atoms with E-state index < -0.39 is 17.7 Å². The van der Waals surface area contributed by atoms with Gasteiger partial charge in [-0.1, -0.05) is 72.8 Å². The van der Waals surface area contributed by atoms with Gasteiger partial charge in [-0.25, -0.2) is 0 Å². The van der Waals surface area contributed by atoms with Gasteiger partial charge in [-0.2, -0.15) is 0 Å². The summed E-state index contributed by atoms with van der Waals surface area (Å²) in [6.07, 6.45) is 0.869. The number of aliphatic hydroxyl groups is 1. The molecular weight excluding hydrogens is 634 g/mol. The van der Waals surface area contributed by atoms with Crippen LogP contribution in [0.25, 0.3) is 5.76 Å². The number of ketones is 1. The van der Waals surface area contributed by atoms with Crippen LogP contribution in [-0.2, 0) is 15.3 Å². The summed E-state index contributed by atoms with van der Waals surface area (Å²) in [6.45, 7) is 5.54. The van der Waals surface area contributed by atoms with Gasteiger partial charge in [0.2, 0.25) is 5.13 Å².